The molecule has 38 heavy (non-hydrogen) atoms. The van der Waals surface area contributed by atoms with E-state index in [2.05, 4.69) is 10.6 Å². The molecule has 14 heteroatoms. The summed E-state index contributed by atoms with van der Waals surface area (Å²) in [6.07, 6.45) is 0. The van der Waals surface area contributed by atoms with Gasteiger partial charge in [-0.05, 0) is 48.0 Å². The van der Waals surface area contributed by atoms with Crippen molar-refractivity contribution >= 4 is 68.6 Å². The van der Waals surface area contributed by atoms with Crippen molar-refractivity contribution in [3.8, 4) is 0 Å². The molecule has 0 aliphatic heterocycles. The molecule has 1 saturated carbocycles. The van der Waals surface area contributed by atoms with Gasteiger partial charge in [0.1, 0.15) is 16.0 Å². The zero-order valence-corrected chi connectivity index (χ0v) is 22.0. The lowest BCUT2D eigenvalue weighted by Gasteiger charge is -2.29. The molecule has 2 unspecified atom stereocenters. The highest BCUT2D eigenvalue weighted by molar-refractivity contribution is 8.33. The fraction of sp³-hybridized carbons (Fsp3) is 0.167. The molecule has 4 rings (SSSR count). The number of hydrogen-bond donors (Lipinski definition) is 3. The van der Waals surface area contributed by atoms with Crippen LogP contribution < -0.4 is 10.6 Å². The van der Waals surface area contributed by atoms with Gasteiger partial charge in [0.2, 0.25) is 5.91 Å². The van der Waals surface area contributed by atoms with E-state index in [-0.39, 0.29) is 27.5 Å². The zero-order chi connectivity index (χ0) is 28.1. The Morgan fingerprint density at radius 1 is 0.921 bits per heavy atom. The third-order valence-corrected chi connectivity index (χ3v) is 8.23. The molecule has 2 atom stereocenters. The molecule has 0 radical (unpaired) electrons. The van der Waals surface area contributed by atoms with E-state index in [9.17, 15) is 33.9 Å². The molecule has 0 spiro atoms. The van der Waals surface area contributed by atoms with Crippen molar-refractivity contribution in [3.63, 3.8) is 0 Å². The smallest absolute Gasteiger partial charge is 0.231 e. The van der Waals surface area contributed by atoms with Crippen LogP contribution in [-0.2, 0) is 4.79 Å². The molecule has 1 amide bonds. The lowest BCUT2D eigenvalue weighted by atomic mass is 10.1. The molecular formula is C24H17Cl3F6N2O2S. The maximum atomic E-state index is 13.8. The van der Waals surface area contributed by atoms with Gasteiger partial charge in [-0.15, -0.1) is 38.7 Å². The Morgan fingerprint density at radius 2 is 1.58 bits per heavy atom. The predicted octanol–water partition coefficient (Wildman–Crippen LogP) is 8.41. The van der Waals surface area contributed by atoms with E-state index >= 15 is 0 Å². The van der Waals surface area contributed by atoms with E-state index in [1.807, 2.05) is 0 Å². The van der Waals surface area contributed by atoms with Crippen molar-refractivity contribution in [1.82, 2.24) is 0 Å². The number of halogens is 9. The average molecular weight is 618 g/mol. The van der Waals surface area contributed by atoms with Crippen molar-refractivity contribution in [3.05, 3.63) is 88.4 Å². The zero-order valence-electron chi connectivity index (χ0n) is 18.8. The summed E-state index contributed by atoms with van der Waals surface area (Å²) in [6, 6.07) is 9.99. The van der Waals surface area contributed by atoms with Gasteiger partial charge in [0, 0.05) is 23.2 Å². The lowest BCUT2D eigenvalue weighted by Crippen LogP contribution is -2.18. The van der Waals surface area contributed by atoms with E-state index < -0.39 is 61.6 Å². The van der Waals surface area contributed by atoms with E-state index in [1.165, 1.54) is 18.2 Å². The number of anilines is 2. The second-order valence-electron chi connectivity index (χ2n) is 8.53. The molecule has 0 bridgehead atoms. The Morgan fingerprint density at radius 3 is 2.18 bits per heavy atom. The van der Waals surface area contributed by atoms with Gasteiger partial charge in [-0.25, -0.2) is 8.78 Å². The Labute approximate surface area is 228 Å². The number of hydrogen-bond acceptors (Lipinski definition) is 3. The third-order valence-electron chi connectivity index (χ3n) is 5.88. The fourth-order valence-corrected chi connectivity index (χ4v) is 5.57. The maximum Gasteiger partial charge on any atom is 0.231 e. The molecule has 1 fully saturated rings. The van der Waals surface area contributed by atoms with Gasteiger partial charge in [-0.3, -0.25) is 9.59 Å². The molecular weight excluding hydrogens is 601 g/mol. The summed E-state index contributed by atoms with van der Waals surface area (Å²) >= 11 is 18.6. The van der Waals surface area contributed by atoms with Crippen LogP contribution in [0.2, 0.25) is 5.02 Å². The van der Waals surface area contributed by atoms with Crippen molar-refractivity contribution < 1.29 is 33.9 Å². The molecule has 1 aliphatic rings. The van der Waals surface area contributed by atoms with Crippen LogP contribution in [0.4, 0.5) is 35.7 Å². The largest absolute Gasteiger partial charge is 0.375 e. The van der Waals surface area contributed by atoms with Crippen molar-refractivity contribution in [1.29, 1.82) is 0 Å². The number of benzene rings is 3. The van der Waals surface area contributed by atoms with Crippen LogP contribution in [-0.4, -0.2) is 22.6 Å². The molecule has 204 valence electrons. The van der Waals surface area contributed by atoms with Crippen LogP contribution in [0.1, 0.15) is 21.8 Å². The van der Waals surface area contributed by atoms with Gasteiger partial charge in [-0.1, -0.05) is 23.7 Å². The number of carbonyl (C=O) groups excluding carboxylic acids is 2. The fourth-order valence-electron chi connectivity index (χ4n) is 3.92. The summed E-state index contributed by atoms with van der Waals surface area (Å²) < 4.78 is 77.2. The molecule has 0 heterocycles. The Balaban J connectivity index is 1.45. The number of Topliss-reactive ketones (excluding diaryl/α,β-unsaturated/α-hetero) is 1. The highest BCUT2D eigenvalue weighted by Crippen LogP contribution is 2.82. The SMILES string of the molecule is O=C(CNc1ccc(F)cc1F)c1cc(NC(=O)C2C(c3ccc([SH](F)(F)(F)F)cc3)C2(Cl)Cl)ccc1Cl. The minimum absolute atomic E-state index is 0.0124. The van der Waals surface area contributed by atoms with Gasteiger partial charge in [-0.2, -0.15) is 0 Å². The van der Waals surface area contributed by atoms with Crippen LogP contribution in [0.15, 0.2) is 65.6 Å². The first-order valence-corrected chi connectivity index (χ1v) is 13.7. The normalized spacial score (nSPS) is 19.2. The summed E-state index contributed by atoms with van der Waals surface area (Å²) in [6.45, 7) is -0.396. The minimum Gasteiger partial charge on any atom is -0.375 e. The van der Waals surface area contributed by atoms with Gasteiger partial charge in [0.25, 0.3) is 0 Å². The molecule has 1 aliphatic carbocycles. The molecule has 0 saturated heterocycles. The topological polar surface area (TPSA) is 58.2 Å². The molecule has 4 nitrogen and oxygen atoms in total. The highest BCUT2D eigenvalue weighted by Gasteiger charge is 2.67. The first-order chi connectivity index (χ1) is 17.5. The summed E-state index contributed by atoms with van der Waals surface area (Å²) in [7, 11) is -7.94. The van der Waals surface area contributed by atoms with Crippen LogP contribution in [0.5, 0.6) is 0 Å². The third kappa shape index (κ3) is 6.01. The monoisotopic (exact) mass is 616 g/mol. The second-order valence-corrected chi connectivity index (χ2v) is 12.3. The highest BCUT2D eigenvalue weighted by atomic mass is 35.5. The van der Waals surface area contributed by atoms with Gasteiger partial charge < -0.3 is 10.6 Å². The summed E-state index contributed by atoms with van der Waals surface area (Å²) in [5.74, 6) is -4.85. The van der Waals surface area contributed by atoms with Crippen LogP contribution in [0, 0.1) is 17.6 Å². The van der Waals surface area contributed by atoms with E-state index in [1.54, 1.807) is 0 Å². The van der Waals surface area contributed by atoms with Gasteiger partial charge >= 0.3 is 0 Å². The van der Waals surface area contributed by atoms with Crippen molar-refractivity contribution in [2.75, 3.05) is 17.2 Å². The number of amides is 1. The standard InChI is InChI=1S/C24H17Cl3F6N2O2S/c25-17-7-4-14(10-16(17)20(36)11-34-19-8-3-13(28)9-18(19)29)35-23(37)22-21(24(22,26)27)12-1-5-15(6-2-12)38(30,31,32)33/h1-10,21-22,34,38H,11H2,(H,35,37). The van der Waals surface area contributed by atoms with Crippen LogP contribution >= 0.6 is 45.5 Å². The van der Waals surface area contributed by atoms with E-state index in [0.717, 1.165) is 24.3 Å². The van der Waals surface area contributed by atoms with E-state index in [0.29, 0.717) is 18.2 Å². The molecule has 3 aromatic carbocycles. The number of alkyl halides is 2. The Hall–Kier alpha value is -2.60. The van der Waals surface area contributed by atoms with Gasteiger partial charge in [0.05, 0.1) is 28.1 Å². The molecule has 3 aromatic rings. The Kier molecular flexibility index (Phi) is 7.37. The summed E-state index contributed by atoms with van der Waals surface area (Å²) in [5.41, 5.74) is 0.239. The first kappa shape index (κ1) is 28.4. The average Bonchev–Trinajstić information content (AvgIpc) is 3.40. The summed E-state index contributed by atoms with van der Waals surface area (Å²) in [5, 5.41) is 5.12. The number of nitrogens with one attached hydrogen (secondary N) is 2. The number of rotatable bonds is 8. The maximum absolute atomic E-state index is 13.8. The van der Waals surface area contributed by atoms with Crippen LogP contribution in [0.25, 0.3) is 0 Å². The summed E-state index contributed by atoms with van der Waals surface area (Å²) in [4.78, 5) is 24.1. The predicted molar refractivity (Wildman–Crippen MR) is 138 cm³/mol. The number of ketones is 1. The first-order valence-electron chi connectivity index (χ1n) is 10.7. The van der Waals surface area contributed by atoms with Crippen LogP contribution in [0.3, 0.4) is 0 Å². The quantitative estimate of drug-likeness (QED) is 0.103. The van der Waals surface area contributed by atoms with E-state index in [4.69, 9.17) is 34.8 Å². The molecule has 2 N–H and O–H groups in total. The molecule has 0 aromatic heterocycles. The number of carbonyl (C=O) groups is 2. The Bertz CT molecular complexity index is 1420. The second kappa shape index (κ2) is 9.86. The number of thiol groups is 1. The van der Waals surface area contributed by atoms with Crippen molar-refractivity contribution in [2.45, 2.75) is 15.1 Å². The van der Waals surface area contributed by atoms with Crippen molar-refractivity contribution in [2.24, 2.45) is 5.92 Å². The van der Waals surface area contributed by atoms with Gasteiger partial charge in [0.15, 0.2) is 16.5 Å². The minimum atomic E-state index is -7.94. The lowest BCUT2D eigenvalue weighted by molar-refractivity contribution is -0.117.